The van der Waals surface area contributed by atoms with Crippen LogP contribution in [0.1, 0.15) is 41.3 Å². The van der Waals surface area contributed by atoms with E-state index in [2.05, 4.69) is 10.6 Å². The Balaban J connectivity index is 1.79. The lowest BCUT2D eigenvalue weighted by Crippen LogP contribution is -2.45. The average Bonchev–Trinajstić information content (AvgIpc) is 3.27. The average molecular weight is 474 g/mol. The molecular weight excluding hydrogens is 442 g/mol. The Morgan fingerprint density at radius 3 is 2.52 bits per heavy atom. The quantitative estimate of drug-likeness (QED) is 0.613. The zero-order valence-corrected chi connectivity index (χ0v) is 20.2. The summed E-state index contributed by atoms with van der Waals surface area (Å²) in [5.74, 6) is -0.874. The zero-order chi connectivity index (χ0) is 24.2. The van der Waals surface area contributed by atoms with Gasteiger partial charge in [-0.2, -0.15) is 0 Å². The van der Waals surface area contributed by atoms with Crippen molar-refractivity contribution in [3.63, 3.8) is 0 Å². The SMILES string of the molecule is Cc1ccc(N([C@@H](C)C(=O)Nc2ccccc2C(=O)NC[C@@H]2CCCO2)S(C)(=O)=O)cc1C. The maximum absolute atomic E-state index is 13.1. The second-order valence-corrected chi connectivity index (χ2v) is 10.2. The van der Waals surface area contributed by atoms with Crippen LogP contribution in [0.15, 0.2) is 42.5 Å². The molecule has 1 fully saturated rings. The zero-order valence-electron chi connectivity index (χ0n) is 19.4. The van der Waals surface area contributed by atoms with E-state index in [-0.39, 0.29) is 12.0 Å². The number of para-hydroxylation sites is 1. The van der Waals surface area contributed by atoms with Crippen LogP contribution < -0.4 is 14.9 Å². The number of carbonyl (C=O) groups excluding carboxylic acids is 2. The van der Waals surface area contributed by atoms with E-state index >= 15 is 0 Å². The number of anilines is 2. The molecular formula is C24H31N3O5S. The first-order chi connectivity index (χ1) is 15.6. The number of nitrogens with zero attached hydrogens (tertiary/aromatic N) is 1. The summed E-state index contributed by atoms with van der Waals surface area (Å²) in [6.45, 7) is 6.43. The van der Waals surface area contributed by atoms with Crippen LogP contribution in [0.2, 0.25) is 0 Å². The molecule has 2 aromatic carbocycles. The maximum Gasteiger partial charge on any atom is 0.253 e. The molecule has 2 atom stereocenters. The summed E-state index contributed by atoms with van der Waals surface area (Å²) in [6, 6.07) is 10.8. The Morgan fingerprint density at radius 2 is 1.88 bits per heavy atom. The van der Waals surface area contributed by atoms with Crippen molar-refractivity contribution in [3.8, 4) is 0 Å². The van der Waals surface area contributed by atoms with E-state index in [9.17, 15) is 18.0 Å². The van der Waals surface area contributed by atoms with Gasteiger partial charge in [-0.15, -0.1) is 0 Å². The lowest BCUT2D eigenvalue weighted by atomic mass is 10.1. The third kappa shape index (κ3) is 6.11. The van der Waals surface area contributed by atoms with Crippen LogP contribution in [0.4, 0.5) is 11.4 Å². The normalized spacial score (nSPS) is 16.8. The van der Waals surface area contributed by atoms with E-state index in [1.807, 2.05) is 19.9 Å². The minimum Gasteiger partial charge on any atom is -0.376 e. The van der Waals surface area contributed by atoms with E-state index in [1.54, 1.807) is 36.4 Å². The Kier molecular flexibility index (Phi) is 7.76. The molecule has 0 saturated carbocycles. The van der Waals surface area contributed by atoms with Gasteiger partial charge >= 0.3 is 0 Å². The number of rotatable bonds is 8. The van der Waals surface area contributed by atoms with E-state index < -0.39 is 22.0 Å². The lowest BCUT2D eigenvalue weighted by molar-refractivity contribution is -0.116. The monoisotopic (exact) mass is 473 g/mol. The van der Waals surface area contributed by atoms with Crippen LogP contribution in [0.3, 0.4) is 0 Å². The third-order valence-electron chi connectivity index (χ3n) is 5.78. The first-order valence-electron chi connectivity index (χ1n) is 10.9. The van der Waals surface area contributed by atoms with E-state index in [0.29, 0.717) is 30.1 Å². The van der Waals surface area contributed by atoms with Gasteiger partial charge in [-0.3, -0.25) is 13.9 Å². The molecule has 0 spiro atoms. The van der Waals surface area contributed by atoms with E-state index in [1.165, 1.54) is 6.92 Å². The standard InChI is InChI=1S/C24H31N3O5S/c1-16-11-12-19(14-17(16)2)27(33(4,30)31)18(3)23(28)26-22-10-6-5-9-21(22)24(29)25-15-20-8-7-13-32-20/h5-6,9-12,14,18,20H,7-8,13,15H2,1-4H3,(H,25,29)(H,26,28)/t18-,20-/m0/s1. The summed E-state index contributed by atoms with van der Waals surface area (Å²) < 4.78 is 31.8. The maximum atomic E-state index is 13.1. The molecule has 1 aliphatic rings. The first kappa shape index (κ1) is 24.7. The highest BCUT2D eigenvalue weighted by Gasteiger charge is 2.30. The van der Waals surface area contributed by atoms with Crippen molar-refractivity contribution in [2.45, 2.75) is 45.8 Å². The van der Waals surface area contributed by atoms with Crippen LogP contribution in [0.5, 0.6) is 0 Å². The smallest absolute Gasteiger partial charge is 0.253 e. The van der Waals surface area contributed by atoms with Gasteiger partial charge in [-0.1, -0.05) is 18.2 Å². The van der Waals surface area contributed by atoms with Crippen molar-refractivity contribution in [1.82, 2.24) is 5.32 Å². The molecule has 2 N–H and O–H groups in total. The molecule has 1 saturated heterocycles. The summed E-state index contributed by atoms with van der Waals surface area (Å²) >= 11 is 0. The fourth-order valence-corrected chi connectivity index (χ4v) is 4.97. The summed E-state index contributed by atoms with van der Waals surface area (Å²) in [6.07, 6.45) is 2.94. The van der Waals surface area contributed by atoms with Crippen LogP contribution in [-0.2, 0) is 19.6 Å². The van der Waals surface area contributed by atoms with Gasteiger partial charge < -0.3 is 15.4 Å². The minimum absolute atomic E-state index is 0.00277. The van der Waals surface area contributed by atoms with Crippen LogP contribution in [0, 0.1) is 13.8 Å². The van der Waals surface area contributed by atoms with Crippen molar-refractivity contribution >= 4 is 33.2 Å². The molecule has 8 nitrogen and oxygen atoms in total. The fourth-order valence-electron chi connectivity index (χ4n) is 3.81. The summed E-state index contributed by atoms with van der Waals surface area (Å²) in [5.41, 5.74) is 2.96. The van der Waals surface area contributed by atoms with Crippen molar-refractivity contribution in [3.05, 3.63) is 59.2 Å². The second kappa shape index (κ2) is 10.4. The molecule has 0 bridgehead atoms. The summed E-state index contributed by atoms with van der Waals surface area (Å²) in [4.78, 5) is 25.8. The highest BCUT2D eigenvalue weighted by Crippen LogP contribution is 2.25. The van der Waals surface area contributed by atoms with Gasteiger partial charge in [0.1, 0.15) is 6.04 Å². The minimum atomic E-state index is -3.75. The molecule has 178 valence electrons. The summed E-state index contributed by atoms with van der Waals surface area (Å²) in [5, 5.41) is 5.58. The second-order valence-electron chi connectivity index (χ2n) is 8.38. The molecule has 2 amide bonds. The molecule has 0 unspecified atom stereocenters. The molecule has 33 heavy (non-hydrogen) atoms. The van der Waals surface area contributed by atoms with Gasteiger partial charge in [0.2, 0.25) is 15.9 Å². The van der Waals surface area contributed by atoms with Crippen molar-refractivity contribution < 1.29 is 22.7 Å². The predicted octanol–water partition coefficient (Wildman–Crippen LogP) is 3.01. The molecule has 0 radical (unpaired) electrons. The van der Waals surface area contributed by atoms with Gasteiger partial charge in [0, 0.05) is 13.2 Å². The van der Waals surface area contributed by atoms with Gasteiger partial charge in [0.15, 0.2) is 0 Å². The number of aryl methyl sites for hydroxylation is 2. The molecule has 9 heteroatoms. The number of amides is 2. The number of hydrogen-bond acceptors (Lipinski definition) is 5. The highest BCUT2D eigenvalue weighted by molar-refractivity contribution is 7.92. The Hall–Kier alpha value is -2.91. The lowest BCUT2D eigenvalue weighted by Gasteiger charge is -2.29. The van der Waals surface area contributed by atoms with Gasteiger partial charge in [-0.25, -0.2) is 8.42 Å². The van der Waals surface area contributed by atoms with Crippen LogP contribution in [-0.4, -0.2) is 51.8 Å². The third-order valence-corrected chi connectivity index (χ3v) is 7.02. The number of hydrogen-bond donors (Lipinski definition) is 2. The Morgan fingerprint density at radius 1 is 1.15 bits per heavy atom. The van der Waals surface area contributed by atoms with Crippen molar-refractivity contribution in [2.24, 2.45) is 0 Å². The Labute approximate surface area is 195 Å². The molecule has 1 aliphatic heterocycles. The largest absolute Gasteiger partial charge is 0.376 e. The van der Waals surface area contributed by atoms with Gasteiger partial charge in [-0.05, 0) is 69.0 Å². The number of carbonyl (C=O) groups is 2. The molecule has 0 aliphatic carbocycles. The molecule has 2 aromatic rings. The first-order valence-corrected chi connectivity index (χ1v) is 12.8. The van der Waals surface area contributed by atoms with Gasteiger partial charge in [0.25, 0.3) is 5.91 Å². The van der Waals surface area contributed by atoms with Crippen molar-refractivity contribution in [2.75, 3.05) is 29.0 Å². The molecule has 3 rings (SSSR count). The summed E-state index contributed by atoms with van der Waals surface area (Å²) in [7, 11) is -3.75. The topological polar surface area (TPSA) is 105 Å². The molecule has 0 aromatic heterocycles. The van der Waals surface area contributed by atoms with Crippen LogP contribution >= 0.6 is 0 Å². The highest BCUT2D eigenvalue weighted by atomic mass is 32.2. The van der Waals surface area contributed by atoms with E-state index in [4.69, 9.17) is 4.74 Å². The van der Waals surface area contributed by atoms with Gasteiger partial charge in [0.05, 0.1) is 29.3 Å². The van der Waals surface area contributed by atoms with Crippen molar-refractivity contribution in [1.29, 1.82) is 0 Å². The number of benzene rings is 2. The number of nitrogens with one attached hydrogen (secondary N) is 2. The Bertz CT molecular complexity index is 1130. The predicted molar refractivity (Wildman–Crippen MR) is 129 cm³/mol. The molecule has 1 heterocycles. The number of ether oxygens (including phenoxy) is 1. The van der Waals surface area contributed by atoms with Crippen LogP contribution in [0.25, 0.3) is 0 Å². The van der Waals surface area contributed by atoms with E-state index in [0.717, 1.165) is 34.5 Å². The fraction of sp³-hybridized carbons (Fsp3) is 0.417. The number of sulfonamides is 1.